The van der Waals surface area contributed by atoms with Crippen molar-refractivity contribution in [2.75, 3.05) is 33.4 Å². The number of nitrogens with one attached hydrogen (secondary N) is 1. The van der Waals surface area contributed by atoms with Crippen molar-refractivity contribution in [2.45, 2.75) is 31.3 Å². The highest BCUT2D eigenvalue weighted by Crippen LogP contribution is 2.36. The van der Waals surface area contributed by atoms with E-state index in [2.05, 4.69) is 5.32 Å². The summed E-state index contributed by atoms with van der Waals surface area (Å²) in [5.74, 6) is -0.0460. The number of hydrogen-bond acceptors (Lipinski definition) is 4. The Hall–Kier alpha value is -1.92. The molecule has 2 aliphatic rings. The first-order chi connectivity index (χ1) is 11.7. The van der Waals surface area contributed by atoms with Crippen LogP contribution in [-0.4, -0.2) is 60.6 Å². The minimum Gasteiger partial charge on any atom is -0.385 e. The number of benzene rings is 1. The number of carbonyl (C=O) groups is 2. The lowest BCUT2D eigenvalue weighted by Gasteiger charge is -2.38. The Balaban J connectivity index is 1.83. The summed E-state index contributed by atoms with van der Waals surface area (Å²) in [4.78, 5) is 29.3. The number of nitrogens with zero attached hydrogens (tertiary/aromatic N) is 2. The van der Waals surface area contributed by atoms with Crippen LogP contribution in [0.25, 0.3) is 0 Å². The Bertz CT molecular complexity index is 584. The van der Waals surface area contributed by atoms with Crippen LogP contribution in [0.15, 0.2) is 30.3 Å². The average Bonchev–Trinajstić information content (AvgIpc) is 2.80. The van der Waals surface area contributed by atoms with Gasteiger partial charge in [-0.25, -0.2) is 4.79 Å². The molecule has 0 saturated carbocycles. The average molecular weight is 331 g/mol. The maximum Gasteiger partial charge on any atom is 0.327 e. The van der Waals surface area contributed by atoms with Crippen LogP contribution in [-0.2, 0) is 16.1 Å². The van der Waals surface area contributed by atoms with Crippen molar-refractivity contribution in [3.63, 3.8) is 0 Å². The third-order valence-corrected chi connectivity index (χ3v) is 4.97. The number of methoxy groups -OCH3 is 1. The SMILES string of the molecule is COCCCN1C(=O)N(Cc2ccccc2)C(=O)C12CCNCC2. The quantitative estimate of drug-likeness (QED) is 0.635. The van der Waals surface area contributed by atoms with Crippen molar-refractivity contribution < 1.29 is 14.3 Å². The van der Waals surface area contributed by atoms with Gasteiger partial charge in [0.05, 0.1) is 6.54 Å². The fourth-order valence-corrected chi connectivity index (χ4v) is 3.69. The molecule has 24 heavy (non-hydrogen) atoms. The highest BCUT2D eigenvalue weighted by molar-refractivity contribution is 6.07. The summed E-state index contributed by atoms with van der Waals surface area (Å²) >= 11 is 0. The molecule has 0 bridgehead atoms. The standard InChI is InChI=1S/C18H25N3O3/c1-24-13-5-12-21-17(23)20(14-15-6-3-2-4-7-15)16(22)18(21)8-10-19-11-9-18/h2-4,6-7,19H,5,8-14H2,1H3. The minimum atomic E-state index is -0.676. The van der Waals surface area contributed by atoms with Crippen LogP contribution in [0, 0.1) is 0 Å². The van der Waals surface area contributed by atoms with Gasteiger partial charge in [0, 0.05) is 20.3 Å². The molecule has 2 aliphatic heterocycles. The largest absolute Gasteiger partial charge is 0.385 e. The molecule has 2 fully saturated rings. The van der Waals surface area contributed by atoms with E-state index in [0.717, 1.165) is 25.1 Å². The van der Waals surface area contributed by atoms with Crippen LogP contribution < -0.4 is 5.32 Å². The van der Waals surface area contributed by atoms with Crippen LogP contribution in [0.5, 0.6) is 0 Å². The number of ether oxygens (including phenoxy) is 1. The number of urea groups is 1. The second kappa shape index (κ2) is 7.32. The van der Waals surface area contributed by atoms with E-state index in [1.807, 2.05) is 30.3 Å². The van der Waals surface area contributed by atoms with Gasteiger partial charge in [0.15, 0.2) is 0 Å². The van der Waals surface area contributed by atoms with E-state index in [9.17, 15) is 9.59 Å². The molecule has 3 rings (SSSR count). The van der Waals surface area contributed by atoms with Crippen molar-refractivity contribution in [2.24, 2.45) is 0 Å². The molecule has 1 aromatic rings. The third-order valence-electron chi connectivity index (χ3n) is 4.97. The lowest BCUT2D eigenvalue weighted by Crippen LogP contribution is -2.56. The Morgan fingerprint density at radius 2 is 1.88 bits per heavy atom. The zero-order chi connectivity index (χ0) is 17.0. The topological polar surface area (TPSA) is 61.9 Å². The molecular formula is C18H25N3O3. The molecule has 0 aromatic heterocycles. The smallest absolute Gasteiger partial charge is 0.327 e. The Morgan fingerprint density at radius 1 is 1.17 bits per heavy atom. The number of carbonyl (C=O) groups excluding carboxylic acids is 2. The molecule has 2 saturated heterocycles. The van der Waals surface area contributed by atoms with Crippen LogP contribution in [0.3, 0.4) is 0 Å². The number of rotatable bonds is 6. The summed E-state index contributed by atoms with van der Waals surface area (Å²) in [6.07, 6.45) is 2.09. The molecule has 0 atom stereocenters. The van der Waals surface area contributed by atoms with E-state index in [1.54, 1.807) is 12.0 Å². The summed E-state index contributed by atoms with van der Waals surface area (Å²) in [5, 5.41) is 3.29. The normalized spacial score (nSPS) is 20.2. The van der Waals surface area contributed by atoms with E-state index >= 15 is 0 Å². The van der Waals surface area contributed by atoms with Crippen molar-refractivity contribution in [1.29, 1.82) is 0 Å². The molecule has 1 spiro atoms. The molecule has 3 amide bonds. The van der Waals surface area contributed by atoms with E-state index < -0.39 is 5.54 Å². The highest BCUT2D eigenvalue weighted by atomic mass is 16.5. The third kappa shape index (κ3) is 3.03. The Kier molecular flexibility index (Phi) is 5.16. The number of piperidine rings is 1. The van der Waals surface area contributed by atoms with E-state index in [1.165, 1.54) is 4.90 Å². The van der Waals surface area contributed by atoms with Gasteiger partial charge in [-0.15, -0.1) is 0 Å². The number of imide groups is 1. The molecule has 1 N–H and O–H groups in total. The van der Waals surface area contributed by atoms with Gasteiger partial charge in [-0.1, -0.05) is 30.3 Å². The summed E-state index contributed by atoms with van der Waals surface area (Å²) in [6, 6.07) is 9.52. The fraction of sp³-hybridized carbons (Fsp3) is 0.556. The van der Waals surface area contributed by atoms with E-state index in [-0.39, 0.29) is 11.9 Å². The molecule has 6 nitrogen and oxygen atoms in total. The van der Waals surface area contributed by atoms with E-state index in [0.29, 0.717) is 32.5 Å². The van der Waals surface area contributed by atoms with Crippen LogP contribution in [0.1, 0.15) is 24.8 Å². The zero-order valence-corrected chi connectivity index (χ0v) is 14.2. The van der Waals surface area contributed by atoms with Gasteiger partial charge in [-0.3, -0.25) is 9.69 Å². The number of hydrogen-bond donors (Lipinski definition) is 1. The predicted molar refractivity (Wildman–Crippen MR) is 90.4 cm³/mol. The molecular weight excluding hydrogens is 306 g/mol. The van der Waals surface area contributed by atoms with Crippen LogP contribution in [0.4, 0.5) is 4.79 Å². The molecule has 0 radical (unpaired) electrons. The van der Waals surface area contributed by atoms with Gasteiger partial charge >= 0.3 is 6.03 Å². The first-order valence-electron chi connectivity index (χ1n) is 8.56. The summed E-state index contributed by atoms with van der Waals surface area (Å²) in [7, 11) is 1.65. The second-order valence-electron chi connectivity index (χ2n) is 6.44. The van der Waals surface area contributed by atoms with Gasteiger partial charge in [-0.2, -0.15) is 0 Å². The molecule has 2 heterocycles. The zero-order valence-electron chi connectivity index (χ0n) is 14.2. The minimum absolute atomic E-state index is 0.0460. The maximum atomic E-state index is 13.1. The second-order valence-corrected chi connectivity index (χ2v) is 6.44. The molecule has 0 aliphatic carbocycles. The first kappa shape index (κ1) is 16.9. The van der Waals surface area contributed by atoms with Crippen LogP contribution in [0.2, 0.25) is 0 Å². The van der Waals surface area contributed by atoms with Crippen molar-refractivity contribution >= 4 is 11.9 Å². The number of amides is 3. The lowest BCUT2D eigenvalue weighted by molar-refractivity contribution is -0.135. The summed E-state index contributed by atoms with van der Waals surface area (Å²) in [6.45, 7) is 3.01. The molecule has 6 heteroatoms. The van der Waals surface area contributed by atoms with Crippen LogP contribution >= 0.6 is 0 Å². The first-order valence-corrected chi connectivity index (χ1v) is 8.56. The molecule has 1 aromatic carbocycles. The van der Waals surface area contributed by atoms with E-state index in [4.69, 9.17) is 4.74 Å². The van der Waals surface area contributed by atoms with Gasteiger partial charge < -0.3 is 15.0 Å². The molecule has 0 unspecified atom stereocenters. The monoisotopic (exact) mass is 331 g/mol. The van der Waals surface area contributed by atoms with Gasteiger partial charge in [0.2, 0.25) is 0 Å². The fourth-order valence-electron chi connectivity index (χ4n) is 3.69. The van der Waals surface area contributed by atoms with Gasteiger partial charge in [0.1, 0.15) is 5.54 Å². The highest BCUT2D eigenvalue weighted by Gasteiger charge is 2.56. The van der Waals surface area contributed by atoms with Crippen molar-refractivity contribution in [3.05, 3.63) is 35.9 Å². The van der Waals surface area contributed by atoms with Gasteiger partial charge in [0.25, 0.3) is 5.91 Å². The lowest BCUT2D eigenvalue weighted by atomic mass is 9.86. The summed E-state index contributed by atoms with van der Waals surface area (Å²) < 4.78 is 5.11. The Morgan fingerprint density at radius 3 is 2.54 bits per heavy atom. The summed E-state index contributed by atoms with van der Waals surface area (Å²) in [5.41, 5.74) is 0.298. The maximum absolute atomic E-state index is 13.1. The molecule has 130 valence electrons. The van der Waals surface area contributed by atoms with Crippen molar-refractivity contribution in [3.8, 4) is 0 Å². The van der Waals surface area contributed by atoms with Gasteiger partial charge in [-0.05, 0) is 37.9 Å². The Labute approximate surface area is 142 Å². The van der Waals surface area contributed by atoms with Crippen molar-refractivity contribution in [1.82, 2.24) is 15.1 Å². The predicted octanol–water partition coefficient (Wildman–Crippen LogP) is 1.61.